The van der Waals surface area contributed by atoms with E-state index in [0.717, 1.165) is 19.3 Å². The van der Waals surface area contributed by atoms with E-state index in [2.05, 4.69) is 31.2 Å². The first-order valence-corrected chi connectivity index (χ1v) is 9.10. The zero-order valence-corrected chi connectivity index (χ0v) is 14.9. The van der Waals surface area contributed by atoms with Crippen molar-refractivity contribution < 1.29 is 14.3 Å². The molecule has 1 aromatic carbocycles. The standard InChI is InChI=1S/C20H29NO3/c1-3-24-20(23)14-15-21(18-6-4-5-7-18)19(22)13-12-17-10-8-16(2)9-11-17/h8-11,18H,3-7,12-15H2,1-2H3. The van der Waals surface area contributed by atoms with Gasteiger partial charge in [-0.2, -0.15) is 0 Å². The van der Waals surface area contributed by atoms with Gasteiger partial charge in [0, 0.05) is 19.0 Å². The lowest BCUT2D eigenvalue weighted by atomic mass is 10.1. The summed E-state index contributed by atoms with van der Waals surface area (Å²) in [6.07, 6.45) is 6.00. The first-order valence-electron chi connectivity index (χ1n) is 9.10. The lowest BCUT2D eigenvalue weighted by molar-refractivity contribution is -0.144. The van der Waals surface area contributed by atoms with E-state index in [0.29, 0.717) is 32.0 Å². The molecule has 0 saturated heterocycles. The first-order chi connectivity index (χ1) is 11.6. The molecule has 0 atom stereocenters. The Balaban J connectivity index is 1.90. The number of rotatable bonds is 8. The molecular formula is C20H29NO3. The summed E-state index contributed by atoms with van der Waals surface area (Å²) in [4.78, 5) is 26.3. The Labute approximate surface area is 145 Å². The quantitative estimate of drug-likeness (QED) is 0.683. The van der Waals surface area contributed by atoms with Gasteiger partial charge in [0.2, 0.25) is 5.91 Å². The van der Waals surface area contributed by atoms with E-state index >= 15 is 0 Å². The zero-order chi connectivity index (χ0) is 17.4. The third-order valence-electron chi connectivity index (χ3n) is 4.70. The summed E-state index contributed by atoms with van der Waals surface area (Å²) in [6.45, 7) is 4.74. The van der Waals surface area contributed by atoms with Crippen molar-refractivity contribution >= 4 is 11.9 Å². The van der Waals surface area contributed by atoms with Crippen molar-refractivity contribution in [1.29, 1.82) is 0 Å². The zero-order valence-electron chi connectivity index (χ0n) is 14.9. The van der Waals surface area contributed by atoms with Crippen LogP contribution in [0.5, 0.6) is 0 Å². The van der Waals surface area contributed by atoms with Crippen LogP contribution in [0.4, 0.5) is 0 Å². The minimum Gasteiger partial charge on any atom is -0.466 e. The van der Waals surface area contributed by atoms with E-state index in [9.17, 15) is 9.59 Å². The Bertz CT molecular complexity index is 532. The largest absolute Gasteiger partial charge is 0.466 e. The molecule has 0 aromatic heterocycles. The molecule has 0 aliphatic heterocycles. The maximum atomic E-state index is 12.7. The maximum absolute atomic E-state index is 12.7. The second-order valence-electron chi connectivity index (χ2n) is 6.57. The van der Waals surface area contributed by atoms with Gasteiger partial charge in [-0.1, -0.05) is 42.7 Å². The molecule has 1 aliphatic rings. The highest BCUT2D eigenvalue weighted by Gasteiger charge is 2.26. The van der Waals surface area contributed by atoms with Crippen LogP contribution in [0.3, 0.4) is 0 Å². The van der Waals surface area contributed by atoms with Gasteiger partial charge in [-0.25, -0.2) is 0 Å². The van der Waals surface area contributed by atoms with Crippen molar-refractivity contribution in [1.82, 2.24) is 4.90 Å². The number of nitrogens with zero attached hydrogens (tertiary/aromatic N) is 1. The van der Waals surface area contributed by atoms with Crippen molar-refractivity contribution in [2.45, 2.75) is 64.8 Å². The summed E-state index contributed by atoms with van der Waals surface area (Å²) < 4.78 is 5.00. The third kappa shape index (κ3) is 5.66. The molecule has 2 rings (SSSR count). The average Bonchev–Trinajstić information content (AvgIpc) is 3.09. The van der Waals surface area contributed by atoms with Gasteiger partial charge in [-0.15, -0.1) is 0 Å². The van der Waals surface area contributed by atoms with Gasteiger partial charge in [0.05, 0.1) is 13.0 Å². The van der Waals surface area contributed by atoms with Crippen LogP contribution < -0.4 is 0 Å². The normalized spacial score (nSPS) is 14.6. The Hall–Kier alpha value is -1.84. The smallest absolute Gasteiger partial charge is 0.307 e. The fourth-order valence-electron chi connectivity index (χ4n) is 3.32. The lowest BCUT2D eigenvalue weighted by Crippen LogP contribution is -2.40. The monoisotopic (exact) mass is 331 g/mol. The minimum atomic E-state index is -0.216. The summed E-state index contributed by atoms with van der Waals surface area (Å²) >= 11 is 0. The van der Waals surface area contributed by atoms with E-state index in [4.69, 9.17) is 4.74 Å². The third-order valence-corrected chi connectivity index (χ3v) is 4.70. The van der Waals surface area contributed by atoms with Gasteiger partial charge >= 0.3 is 5.97 Å². The number of benzene rings is 1. The predicted molar refractivity (Wildman–Crippen MR) is 94.7 cm³/mol. The molecule has 0 N–H and O–H groups in total. The fourth-order valence-corrected chi connectivity index (χ4v) is 3.32. The molecule has 1 fully saturated rings. The van der Waals surface area contributed by atoms with Crippen molar-refractivity contribution in [3.63, 3.8) is 0 Å². The molecule has 0 heterocycles. The SMILES string of the molecule is CCOC(=O)CCN(C(=O)CCc1ccc(C)cc1)C1CCCC1. The van der Waals surface area contributed by atoms with Crippen molar-refractivity contribution in [2.24, 2.45) is 0 Å². The second-order valence-corrected chi connectivity index (χ2v) is 6.57. The van der Waals surface area contributed by atoms with E-state index in [1.165, 1.54) is 24.0 Å². The Morgan fingerprint density at radius 1 is 1.12 bits per heavy atom. The predicted octanol–water partition coefficient (Wildman–Crippen LogP) is 3.65. The van der Waals surface area contributed by atoms with Crippen LogP contribution in [0.1, 0.15) is 56.6 Å². The highest BCUT2D eigenvalue weighted by Crippen LogP contribution is 2.24. The van der Waals surface area contributed by atoms with Gasteiger partial charge < -0.3 is 9.64 Å². The molecule has 0 unspecified atom stereocenters. The van der Waals surface area contributed by atoms with Gasteiger partial charge in [0.1, 0.15) is 0 Å². The minimum absolute atomic E-state index is 0.159. The molecule has 0 radical (unpaired) electrons. The second kappa shape index (κ2) is 9.45. The van der Waals surface area contributed by atoms with Gasteiger partial charge in [0.25, 0.3) is 0 Å². The molecule has 1 aromatic rings. The molecule has 0 bridgehead atoms. The van der Waals surface area contributed by atoms with Gasteiger partial charge in [-0.05, 0) is 38.7 Å². The molecule has 24 heavy (non-hydrogen) atoms. The van der Waals surface area contributed by atoms with E-state index in [-0.39, 0.29) is 11.9 Å². The summed E-state index contributed by atoms with van der Waals surface area (Å²) in [5, 5.41) is 0. The number of carbonyl (C=O) groups excluding carboxylic acids is 2. The van der Waals surface area contributed by atoms with Crippen LogP contribution in [0.15, 0.2) is 24.3 Å². The van der Waals surface area contributed by atoms with Crippen molar-refractivity contribution in [3.05, 3.63) is 35.4 Å². The average molecular weight is 331 g/mol. The van der Waals surface area contributed by atoms with Gasteiger partial charge in [-0.3, -0.25) is 9.59 Å². The Morgan fingerprint density at radius 3 is 2.42 bits per heavy atom. The number of carbonyl (C=O) groups is 2. The number of esters is 1. The highest BCUT2D eigenvalue weighted by molar-refractivity contribution is 5.78. The molecule has 0 spiro atoms. The van der Waals surface area contributed by atoms with E-state index in [1.54, 1.807) is 6.92 Å². The van der Waals surface area contributed by atoms with Crippen LogP contribution in [0.25, 0.3) is 0 Å². The van der Waals surface area contributed by atoms with E-state index in [1.807, 2.05) is 4.90 Å². The number of aryl methyl sites for hydroxylation is 2. The Morgan fingerprint density at radius 2 is 1.79 bits per heavy atom. The topological polar surface area (TPSA) is 46.6 Å². The summed E-state index contributed by atoms with van der Waals surface area (Å²) in [7, 11) is 0. The van der Waals surface area contributed by atoms with Crippen LogP contribution in [-0.2, 0) is 20.7 Å². The van der Waals surface area contributed by atoms with Crippen LogP contribution >= 0.6 is 0 Å². The van der Waals surface area contributed by atoms with E-state index < -0.39 is 0 Å². The highest BCUT2D eigenvalue weighted by atomic mass is 16.5. The first kappa shape index (κ1) is 18.5. The number of ether oxygens (including phenoxy) is 1. The van der Waals surface area contributed by atoms with Crippen LogP contribution in [-0.4, -0.2) is 36.0 Å². The van der Waals surface area contributed by atoms with Crippen molar-refractivity contribution in [3.8, 4) is 0 Å². The fraction of sp³-hybridized carbons (Fsp3) is 0.600. The molecule has 4 nitrogen and oxygen atoms in total. The van der Waals surface area contributed by atoms with Crippen LogP contribution in [0.2, 0.25) is 0 Å². The van der Waals surface area contributed by atoms with Crippen LogP contribution in [0, 0.1) is 6.92 Å². The maximum Gasteiger partial charge on any atom is 0.307 e. The molecule has 4 heteroatoms. The lowest BCUT2D eigenvalue weighted by Gasteiger charge is -2.29. The molecular weight excluding hydrogens is 302 g/mol. The number of hydrogen-bond acceptors (Lipinski definition) is 3. The molecule has 1 aliphatic carbocycles. The molecule has 1 saturated carbocycles. The Kier molecular flexibility index (Phi) is 7.29. The number of amides is 1. The number of hydrogen-bond donors (Lipinski definition) is 0. The summed E-state index contributed by atoms with van der Waals surface area (Å²) in [6, 6.07) is 8.62. The summed E-state index contributed by atoms with van der Waals surface area (Å²) in [5.74, 6) is -0.0568. The summed E-state index contributed by atoms with van der Waals surface area (Å²) in [5.41, 5.74) is 2.41. The molecule has 132 valence electrons. The molecule has 1 amide bonds. The van der Waals surface area contributed by atoms with Crippen molar-refractivity contribution in [2.75, 3.05) is 13.2 Å². The van der Waals surface area contributed by atoms with Gasteiger partial charge in [0.15, 0.2) is 0 Å².